The molecule has 0 spiro atoms. The van der Waals surface area contributed by atoms with E-state index in [9.17, 15) is 0 Å². The summed E-state index contributed by atoms with van der Waals surface area (Å²) in [5, 5.41) is 2.01. The van der Waals surface area contributed by atoms with Crippen molar-refractivity contribution >= 4 is 28.5 Å². The molecule has 5 heteroatoms. The summed E-state index contributed by atoms with van der Waals surface area (Å²) in [4.78, 5) is 8.49. The fraction of sp³-hybridized carbons (Fsp3) is 0.500. The quantitative estimate of drug-likeness (QED) is 0.789. The monoisotopic (exact) mass is 290 g/mol. The van der Waals surface area contributed by atoms with Gasteiger partial charge in [-0.15, -0.1) is 0 Å². The number of nitrogens with one attached hydrogen (secondary N) is 1. The van der Waals surface area contributed by atoms with Crippen molar-refractivity contribution in [3.63, 3.8) is 0 Å². The lowest BCUT2D eigenvalue weighted by Crippen LogP contribution is -2.44. The zero-order chi connectivity index (χ0) is 9.10. The largest absolute Gasteiger partial charge is 0.276 e. The lowest BCUT2D eigenvalue weighted by Gasteiger charge is -2.27. The molecule has 1 aromatic rings. The molecule has 0 saturated carbocycles. The molecule has 1 fully saturated rings. The average molecular weight is 290 g/mol. The second-order valence-corrected chi connectivity index (χ2v) is 4.21. The third-order valence-corrected chi connectivity index (χ3v) is 2.52. The summed E-state index contributed by atoms with van der Waals surface area (Å²) in [7, 11) is 0. The van der Waals surface area contributed by atoms with Gasteiger partial charge in [0.25, 0.3) is 0 Å². The zero-order valence-electron chi connectivity index (χ0n) is 7.20. The van der Waals surface area contributed by atoms with Gasteiger partial charge in [0.1, 0.15) is 0 Å². The third kappa shape index (κ3) is 2.28. The molecule has 0 amide bonds. The second-order valence-electron chi connectivity index (χ2n) is 2.97. The fourth-order valence-corrected chi connectivity index (χ4v) is 1.58. The summed E-state index contributed by atoms with van der Waals surface area (Å²) in [6, 6.07) is 0. The van der Waals surface area contributed by atoms with Gasteiger partial charge < -0.3 is 0 Å². The average Bonchev–Trinajstić information content (AvgIpc) is 2.20. The van der Waals surface area contributed by atoms with Crippen LogP contribution in [0.1, 0.15) is 12.8 Å². The van der Waals surface area contributed by atoms with Gasteiger partial charge in [0.05, 0.1) is 0 Å². The van der Waals surface area contributed by atoms with Crippen LogP contribution in [0.5, 0.6) is 0 Å². The molecule has 0 unspecified atom stereocenters. The predicted octanol–water partition coefficient (Wildman–Crippen LogP) is 1.19. The SMILES string of the molecule is Ic1cnc(N2CCCCN2)nc1. The van der Waals surface area contributed by atoms with Gasteiger partial charge in [-0.05, 0) is 35.4 Å². The van der Waals surface area contributed by atoms with Crippen molar-refractivity contribution < 1.29 is 0 Å². The van der Waals surface area contributed by atoms with Crippen molar-refractivity contribution in [1.82, 2.24) is 15.4 Å². The molecule has 0 aromatic carbocycles. The van der Waals surface area contributed by atoms with E-state index >= 15 is 0 Å². The Kier molecular flexibility index (Phi) is 2.94. The van der Waals surface area contributed by atoms with E-state index < -0.39 is 0 Å². The lowest BCUT2D eigenvalue weighted by atomic mass is 10.3. The van der Waals surface area contributed by atoms with Gasteiger partial charge in [0.15, 0.2) is 0 Å². The summed E-state index contributed by atoms with van der Waals surface area (Å²) >= 11 is 2.20. The van der Waals surface area contributed by atoms with Gasteiger partial charge in [-0.1, -0.05) is 0 Å². The fourth-order valence-electron chi connectivity index (χ4n) is 1.30. The van der Waals surface area contributed by atoms with E-state index in [1.54, 1.807) is 0 Å². The molecule has 0 radical (unpaired) electrons. The van der Waals surface area contributed by atoms with Crippen LogP contribution in [0.4, 0.5) is 5.95 Å². The van der Waals surface area contributed by atoms with Gasteiger partial charge in [-0.2, -0.15) is 0 Å². The predicted molar refractivity (Wildman–Crippen MR) is 59.3 cm³/mol. The van der Waals surface area contributed by atoms with Gasteiger partial charge in [0, 0.05) is 29.1 Å². The highest BCUT2D eigenvalue weighted by Gasteiger charge is 2.11. The van der Waals surface area contributed by atoms with Gasteiger partial charge >= 0.3 is 0 Å². The number of halogens is 1. The summed E-state index contributed by atoms with van der Waals surface area (Å²) in [5.74, 6) is 0.778. The first-order valence-corrected chi connectivity index (χ1v) is 5.43. The molecular weight excluding hydrogens is 279 g/mol. The Balaban J connectivity index is 2.10. The van der Waals surface area contributed by atoms with E-state index in [1.807, 2.05) is 17.4 Å². The smallest absolute Gasteiger partial charge is 0.239 e. The highest BCUT2D eigenvalue weighted by atomic mass is 127. The maximum atomic E-state index is 4.25. The van der Waals surface area contributed by atoms with Crippen LogP contribution in [0.15, 0.2) is 12.4 Å². The van der Waals surface area contributed by atoms with Gasteiger partial charge in [0.2, 0.25) is 5.95 Å². The molecule has 2 rings (SSSR count). The molecule has 0 aliphatic carbocycles. The van der Waals surface area contributed by atoms with Crippen LogP contribution in [0, 0.1) is 3.57 Å². The van der Waals surface area contributed by atoms with Crippen LogP contribution in [0.3, 0.4) is 0 Å². The van der Waals surface area contributed by atoms with Gasteiger partial charge in [-0.25, -0.2) is 15.4 Å². The molecule has 0 atom stereocenters. The number of hydrazine groups is 1. The maximum Gasteiger partial charge on any atom is 0.239 e. The van der Waals surface area contributed by atoms with Crippen LogP contribution in [-0.4, -0.2) is 23.1 Å². The van der Waals surface area contributed by atoms with E-state index in [4.69, 9.17) is 0 Å². The normalized spacial score (nSPS) is 17.5. The lowest BCUT2D eigenvalue weighted by molar-refractivity contribution is 0.502. The van der Waals surface area contributed by atoms with Crippen LogP contribution < -0.4 is 10.4 Å². The minimum absolute atomic E-state index is 0.778. The Morgan fingerprint density at radius 2 is 2.08 bits per heavy atom. The summed E-state index contributed by atoms with van der Waals surface area (Å²) in [5.41, 5.74) is 3.26. The van der Waals surface area contributed by atoms with Crippen molar-refractivity contribution in [1.29, 1.82) is 0 Å². The van der Waals surface area contributed by atoms with Crippen molar-refractivity contribution in [2.24, 2.45) is 0 Å². The first-order chi connectivity index (χ1) is 6.36. The minimum Gasteiger partial charge on any atom is -0.276 e. The number of rotatable bonds is 1. The van der Waals surface area contributed by atoms with E-state index in [0.29, 0.717) is 0 Å². The summed E-state index contributed by atoms with van der Waals surface area (Å²) in [6.07, 6.45) is 6.11. The van der Waals surface area contributed by atoms with E-state index in [2.05, 4.69) is 38.0 Å². The maximum absolute atomic E-state index is 4.25. The number of hydrogen-bond donors (Lipinski definition) is 1. The Bertz CT molecular complexity index is 268. The number of anilines is 1. The molecule has 1 saturated heterocycles. The summed E-state index contributed by atoms with van der Waals surface area (Å²) in [6.45, 7) is 2.02. The highest BCUT2D eigenvalue weighted by molar-refractivity contribution is 14.1. The first-order valence-electron chi connectivity index (χ1n) is 4.35. The van der Waals surface area contributed by atoms with Crippen LogP contribution in [-0.2, 0) is 0 Å². The zero-order valence-corrected chi connectivity index (χ0v) is 9.36. The van der Waals surface area contributed by atoms with Crippen molar-refractivity contribution in [3.8, 4) is 0 Å². The summed E-state index contributed by atoms with van der Waals surface area (Å²) < 4.78 is 1.07. The number of aromatic nitrogens is 2. The molecule has 1 aliphatic rings. The Morgan fingerprint density at radius 1 is 1.31 bits per heavy atom. The van der Waals surface area contributed by atoms with E-state index in [-0.39, 0.29) is 0 Å². The molecule has 1 aliphatic heterocycles. The van der Waals surface area contributed by atoms with Crippen LogP contribution >= 0.6 is 22.6 Å². The molecule has 0 bridgehead atoms. The minimum atomic E-state index is 0.778. The standard InChI is InChI=1S/C8H11IN4/c9-7-5-10-8(11-6-7)13-4-2-1-3-12-13/h5-6,12H,1-4H2. The molecule has 1 N–H and O–H groups in total. The van der Waals surface area contributed by atoms with Gasteiger partial charge in [-0.3, -0.25) is 5.01 Å². The second kappa shape index (κ2) is 4.19. The molecular formula is C8H11IN4. The highest BCUT2D eigenvalue weighted by Crippen LogP contribution is 2.09. The van der Waals surface area contributed by atoms with Crippen molar-refractivity contribution in [2.75, 3.05) is 18.1 Å². The van der Waals surface area contributed by atoms with Crippen molar-refractivity contribution in [3.05, 3.63) is 16.0 Å². The molecule has 4 nitrogen and oxygen atoms in total. The van der Waals surface area contributed by atoms with Crippen molar-refractivity contribution in [2.45, 2.75) is 12.8 Å². The third-order valence-electron chi connectivity index (χ3n) is 1.96. The Hall–Kier alpha value is -0.430. The topological polar surface area (TPSA) is 41.1 Å². The number of nitrogens with zero attached hydrogens (tertiary/aromatic N) is 3. The Morgan fingerprint density at radius 3 is 2.69 bits per heavy atom. The molecule has 70 valence electrons. The van der Waals surface area contributed by atoms with Crippen LogP contribution in [0.2, 0.25) is 0 Å². The number of hydrogen-bond acceptors (Lipinski definition) is 4. The molecule has 2 heterocycles. The van der Waals surface area contributed by atoms with Crippen LogP contribution in [0.25, 0.3) is 0 Å². The van der Waals surface area contributed by atoms with E-state index in [0.717, 1.165) is 22.6 Å². The Labute approximate surface area is 90.9 Å². The molecule has 1 aromatic heterocycles. The van der Waals surface area contributed by atoms with E-state index in [1.165, 1.54) is 12.8 Å². The molecule has 13 heavy (non-hydrogen) atoms. The first kappa shape index (κ1) is 9.14.